The molecule has 1 aromatic carbocycles. The van der Waals surface area contributed by atoms with Crippen LogP contribution in [0, 0.1) is 6.92 Å². The Labute approximate surface area is 170 Å². The molecule has 12 heteroatoms. The maximum absolute atomic E-state index is 12.9. The second-order valence-corrected chi connectivity index (χ2v) is 8.37. The highest BCUT2D eigenvalue weighted by molar-refractivity contribution is 7.90. The number of nitrogens with zero attached hydrogens (tertiary/aromatic N) is 6. The molecule has 0 aliphatic rings. The number of carbonyl (C=O) groups excluding carboxylic acids is 1. The summed E-state index contributed by atoms with van der Waals surface area (Å²) in [6.07, 6.45) is 2.64. The highest BCUT2D eigenvalue weighted by Crippen LogP contribution is 2.20. The van der Waals surface area contributed by atoms with Crippen molar-refractivity contribution in [2.24, 2.45) is 0 Å². The first-order valence-electron chi connectivity index (χ1n) is 8.62. The number of sulfone groups is 1. The predicted octanol–water partition coefficient (Wildman–Crippen LogP) is 1.42. The van der Waals surface area contributed by atoms with Gasteiger partial charge in [0, 0.05) is 18.1 Å². The number of pyridine rings is 1. The zero-order chi connectivity index (χ0) is 21.3. The molecule has 1 amide bonds. The van der Waals surface area contributed by atoms with E-state index in [1.165, 1.54) is 24.3 Å². The Morgan fingerprint density at radius 3 is 2.73 bits per heavy atom. The van der Waals surface area contributed by atoms with E-state index in [4.69, 9.17) is 4.84 Å². The van der Waals surface area contributed by atoms with Gasteiger partial charge in [-0.3, -0.25) is 4.79 Å². The zero-order valence-corrected chi connectivity index (χ0v) is 16.7. The van der Waals surface area contributed by atoms with Gasteiger partial charge in [0.1, 0.15) is 11.1 Å². The van der Waals surface area contributed by atoms with E-state index >= 15 is 0 Å². The predicted molar refractivity (Wildman–Crippen MR) is 106 cm³/mol. The molecule has 0 aliphatic carbocycles. The molecule has 1 N–H and O–H groups in total. The molecule has 30 heavy (non-hydrogen) atoms. The van der Waals surface area contributed by atoms with E-state index in [0.29, 0.717) is 22.5 Å². The van der Waals surface area contributed by atoms with Crippen molar-refractivity contribution in [3.63, 3.8) is 0 Å². The third kappa shape index (κ3) is 3.93. The Balaban J connectivity index is 1.66. The molecule has 0 spiro atoms. The van der Waals surface area contributed by atoms with Crippen LogP contribution in [0.3, 0.4) is 0 Å². The van der Waals surface area contributed by atoms with E-state index in [9.17, 15) is 13.2 Å². The number of carbonyl (C=O) groups is 1. The standard InChI is InChI=1S/C18H15N7O4S/c1-11-9-14(17(26)20-12-5-3-6-13(10-12)30(2,27)28)18(23-21-11)29-25-16-15(22-24-25)7-4-8-19-16/h3-10H,1-2H3,(H,20,26). The van der Waals surface area contributed by atoms with E-state index in [1.54, 1.807) is 31.3 Å². The summed E-state index contributed by atoms with van der Waals surface area (Å²) in [4.78, 5) is 23.7. The fourth-order valence-electron chi connectivity index (χ4n) is 2.60. The Morgan fingerprint density at radius 2 is 1.93 bits per heavy atom. The Bertz CT molecular complexity index is 1370. The summed E-state index contributed by atoms with van der Waals surface area (Å²) >= 11 is 0. The first-order chi connectivity index (χ1) is 14.3. The van der Waals surface area contributed by atoms with Gasteiger partial charge in [0.15, 0.2) is 9.84 Å². The molecular weight excluding hydrogens is 410 g/mol. The van der Waals surface area contributed by atoms with Crippen molar-refractivity contribution in [3.8, 4) is 5.88 Å². The summed E-state index contributed by atoms with van der Waals surface area (Å²) in [6, 6.07) is 10.8. The highest BCUT2D eigenvalue weighted by atomic mass is 32.2. The molecule has 0 fully saturated rings. The summed E-state index contributed by atoms with van der Waals surface area (Å²) in [5.41, 5.74) is 1.70. The third-order valence-electron chi connectivity index (χ3n) is 4.00. The Kier molecular flexibility index (Phi) is 4.83. The topological polar surface area (TPSA) is 142 Å². The number of amides is 1. The molecule has 0 saturated carbocycles. The van der Waals surface area contributed by atoms with Crippen molar-refractivity contribution in [3.05, 3.63) is 59.9 Å². The van der Waals surface area contributed by atoms with Gasteiger partial charge in [-0.15, -0.1) is 10.2 Å². The van der Waals surface area contributed by atoms with Gasteiger partial charge < -0.3 is 10.2 Å². The van der Waals surface area contributed by atoms with Gasteiger partial charge in [-0.2, -0.15) is 5.10 Å². The average Bonchev–Trinajstić information content (AvgIpc) is 3.12. The van der Waals surface area contributed by atoms with Crippen molar-refractivity contribution in [1.29, 1.82) is 0 Å². The maximum Gasteiger partial charge on any atom is 0.280 e. The van der Waals surface area contributed by atoms with Gasteiger partial charge in [0.05, 0.1) is 10.6 Å². The number of rotatable bonds is 5. The Hall–Kier alpha value is -3.93. The van der Waals surface area contributed by atoms with Crippen molar-refractivity contribution >= 4 is 32.6 Å². The van der Waals surface area contributed by atoms with E-state index in [0.717, 1.165) is 11.1 Å². The Morgan fingerprint density at radius 1 is 1.10 bits per heavy atom. The fourth-order valence-corrected chi connectivity index (χ4v) is 3.27. The molecule has 152 valence electrons. The third-order valence-corrected chi connectivity index (χ3v) is 5.11. The number of aryl methyl sites for hydroxylation is 1. The lowest BCUT2D eigenvalue weighted by atomic mass is 10.2. The minimum Gasteiger partial charge on any atom is -0.331 e. The number of hydrogen-bond acceptors (Lipinski definition) is 9. The number of hydrogen-bond donors (Lipinski definition) is 1. The first-order valence-corrected chi connectivity index (χ1v) is 10.5. The number of nitrogens with one attached hydrogen (secondary N) is 1. The smallest absolute Gasteiger partial charge is 0.280 e. The number of aromatic nitrogens is 6. The molecule has 3 heterocycles. The molecule has 0 bridgehead atoms. The van der Waals surface area contributed by atoms with E-state index in [-0.39, 0.29) is 16.3 Å². The molecule has 0 saturated heterocycles. The first kappa shape index (κ1) is 19.4. The van der Waals surface area contributed by atoms with Crippen molar-refractivity contribution in [2.45, 2.75) is 11.8 Å². The van der Waals surface area contributed by atoms with Crippen LogP contribution in [0.25, 0.3) is 11.2 Å². The summed E-state index contributed by atoms with van der Waals surface area (Å²) in [5, 5.41) is 18.3. The molecule has 3 aromatic heterocycles. The van der Waals surface area contributed by atoms with Crippen LogP contribution in [0.5, 0.6) is 5.88 Å². The lowest BCUT2D eigenvalue weighted by Gasteiger charge is -2.10. The second kappa shape index (κ2) is 7.48. The second-order valence-electron chi connectivity index (χ2n) is 6.36. The van der Waals surface area contributed by atoms with Crippen LogP contribution in [0.4, 0.5) is 5.69 Å². The van der Waals surface area contributed by atoms with Gasteiger partial charge in [-0.25, -0.2) is 13.4 Å². The molecule has 11 nitrogen and oxygen atoms in total. The number of anilines is 1. The molecule has 4 aromatic rings. The molecule has 0 radical (unpaired) electrons. The van der Waals surface area contributed by atoms with Crippen LogP contribution >= 0.6 is 0 Å². The van der Waals surface area contributed by atoms with Crippen LogP contribution < -0.4 is 10.2 Å². The van der Waals surface area contributed by atoms with E-state index in [2.05, 4.69) is 30.8 Å². The molecule has 0 atom stereocenters. The van der Waals surface area contributed by atoms with Crippen molar-refractivity contribution in [1.82, 2.24) is 30.3 Å². The quantitative estimate of drug-likeness (QED) is 0.502. The summed E-state index contributed by atoms with van der Waals surface area (Å²) < 4.78 is 23.5. The monoisotopic (exact) mass is 425 g/mol. The van der Waals surface area contributed by atoms with Gasteiger partial charge in [0.25, 0.3) is 11.8 Å². The SMILES string of the molecule is Cc1cc(C(=O)Nc2cccc(S(C)(=O)=O)c2)c(On2nnc3cccnc32)nn1. The number of benzene rings is 1. The van der Waals surface area contributed by atoms with Gasteiger partial charge in [0.2, 0.25) is 5.65 Å². The minimum absolute atomic E-state index is 0.0758. The minimum atomic E-state index is -3.42. The molecule has 0 aliphatic heterocycles. The average molecular weight is 425 g/mol. The number of fused-ring (bicyclic) bond motifs is 1. The van der Waals surface area contributed by atoms with Crippen LogP contribution in [0.15, 0.2) is 53.6 Å². The maximum atomic E-state index is 12.9. The van der Waals surface area contributed by atoms with Crippen LogP contribution in [0.2, 0.25) is 0 Å². The van der Waals surface area contributed by atoms with Gasteiger partial charge in [-0.1, -0.05) is 10.9 Å². The zero-order valence-electron chi connectivity index (χ0n) is 15.8. The lowest BCUT2D eigenvalue weighted by Crippen LogP contribution is -2.18. The lowest BCUT2D eigenvalue weighted by molar-refractivity contribution is 0.101. The normalized spacial score (nSPS) is 11.4. The van der Waals surface area contributed by atoms with Gasteiger partial charge in [-0.05, 0) is 48.5 Å². The molecule has 0 unspecified atom stereocenters. The fraction of sp³-hybridized carbons (Fsp3) is 0.111. The summed E-state index contributed by atoms with van der Waals surface area (Å²) in [6.45, 7) is 1.67. The van der Waals surface area contributed by atoms with Crippen LogP contribution in [-0.2, 0) is 9.84 Å². The largest absolute Gasteiger partial charge is 0.331 e. The van der Waals surface area contributed by atoms with Crippen molar-refractivity contribution < 1.29 is 18.0 Å². The highest BCUT2D eigenvalue weighted by Gasteiger charge is 2.19. The van der Waals surface area contributed by atoms with Crippen LogP contribution in [0.1, 0.15) is 16.1 Å². The van der Waals surface area contributed by atoms with E-state index in [1.807, 2.05) is 0 Å². The van der Waals surface area contributed by atoms with Crippen molar-refractivity contribution in [2.75, 3.05) is 11.6 Å². The summed E-state index contributed by atoms with van der Waals surface area (Å²) in [7, 11) is -3.42. The van der Waals surface area contributed by atoms with E-state index < -0.39 is 15.7 Å². The molecular formula is C18H15N7O4S. The van der Waals surface area contributed by atoms with Gasteiger partial charge >= 0.3 is 0 Å². The summed E-state index contributed by atoms with van der Waals surface area (Å²) in [5.74, 6) is -0.680. The van der Waals surface area contributed by atoms with Crippen LogP contribution in [-0.4, -0.2) is 50.9 Å². The molecule has 4 rings (SSSR count).